The van der Waals surface area contributed by atoms with Gasteiger partial charge >= 0.3 is 5.97 Å². The molecule has 1 aromatic carbocycles. The van der Waals surface area contributed by atoms with E-state index >= 15 is 0 Å². The average molecular weight is 332 g/mol. The summed E-state index contributed by atoms with van der Waals surface area (Å²) >= 11 is 11.9. The Bertz CT molecular complexity index is 544. The van der Waals surface area contributed by atoms with E-state index in [9.17, 15) is 9.59 Å². The second kappa shape index (κ2) is 7.11. The van der Waals surface area contributed by atoms with Crippen LogP contribution in [0.15, 0.2) is 18.2 Å². The molecule has 1 saturated heterocycles. The molecule has 1 aliphatic rings. The summed E-state index contributed by atoms with van der Waals surface area (Å²) in [5.74, 6) is -2.21. The minimum Gasteiger partial charge on any atom is -0.481 e. The van der Waals surface area contributed by atoms with E-state index in [-0.39, 0.29) is 12.5 Å². The lowest BCUT2D eigenvalue weighted by atomic mass is 9.95. The number of carboxylic acid groups (broad SMARTS) is 1. The summed E-state index contributed by atoms with van der Waals surface area (Å²) in [6, 6.07) is 4.70. The number of rotatable bonds is 5. The number of carbonyl (C=O) groups is 2. The van der Waals surface area contributed by atoms with Crippen LogP contribution in [0, 0.1) is 5.92 Å². The molecule has 0 saturated carbocycles. The van der Waals surface area contributed by atoms with Crippen LogP contribution in [0.1, 0.15) is 19.3 Å². The van der Waals surface area contributed by atoms with E-state index in [2.05, 4.69) is 5.32 Å². The number of ether oxygens (including phenoxy) is 1. The highest BCUT2D eigenvalue weighted by Gasteiger charge is 2.33. The van der Waals surface area contributed by atoms with Gasteiger partial charge in [-0.1, -0.05) is 23.2 Å². The van der Waals surface area contributed by atoms with Gasteiger partial charge in [-0.2, -0.15) is 0 Å². The van der Waals surface area contributed by atoms with Crippen molar-refractivity contribution in [2.24, 2.45) is 5.92 Å². The Morgan fingerprint density at radius 1 is 1.43 bits per heavy atom. The van der Waals surface area contributed by atoms with Crippen molar-refractivity contribution in [3.05, 3.63) is 28.2 Å². The number of carbonyl (C=O) groups excluding carboxylic acids is 1. The lowest BCUT2D eigenvalue weighted by Crippen LogP contribution is -2.34. The summed E-state index contributed by atoms with van der Waals surface area (Å²) in [5, 5.41) is 12.4. The number of amides is 1. The summed E-state index contributed by atoms with van der Waals surface area (Å²) in [5.41, 5.74) is 0.363. The van der Waals surface area contributed by atoms with Gasteiger partial charge in [0.1, 0.15) is 0 Å². The fraction of sp³-hybridized carbons (Fsp3) is 0.429. The molecule has 0 bridgehead atoms. The van der Waals surface area contributed by atoms with Crippen molar-refractivity contribution in [2.75, 3.05) is 11.9 Å². The number of nitrogens with one attached hydrogen (secondary N) is 1. The summed E-state index contributed by atoms with van der Waals surface area (Å²) < 4.78 is 5.45. The molecule has 0 aromatic heterocycles. The van der Waals surface area contributed by atoms with Crippen LogP contribution in [-0.4, -0.2) is 29.7 Å². The highest BCUT2D eigenvalue weighted by molar-refractivity contribution is 6.35. The highest BCUT2D eigenvalue weighted by atomic mass is 35.5. The van der Waals surface area contributed by atoms with E-state index in [4.69, 9.17) is 33.0 Å². The molecule has 114 valence electrons. The number of aliphatic carboxylic acids is 1. The SMILES string of the molecule is O=C(O)C[C@H](C(=O)Nc1cc(Cl)ccc1Cl)[C@@H]1CCCO1. The molecular formula is C14H15Cl2NO4. The van der Waals surface area contributed by atoms with Crippen LogP contribution in [0.5, 0.6) is 0 Å². The van der Waals surface area contributed by atoms with Gasteiger partial charge in [-0.15, -0.1) is 0 Å². The molecule has 2 atom stereocenters. The van der Waals surface area contributed by atoms with Crippen molar-refractivity contribution in [1.29, 1.82) is 0 Å². The molecule has 5 nitrogen and oxygen atoms in total. The normalized spacial score (nSPS) is 19.2. The first-order chi connectivity index (χ1) is 9.97. The van der Waals surface area contributed by atoms with Gasteiger partial charge in [0.2, 0.25) is 5.91 Å². The van der Waals surface area contributed by atoms with Crippen molar-refractivity contribution < 1.29 is 19.4 Å². The van der Waals surface area contributed by atoms with E-state index < -0.39 is 17.8 Å². The maximum Gasteiger partial charge on any atom is 0.304 e. The second-order valence-corrected chi connectivity index (χ2v) is 5.71. The number of hydrogen-bond donors (Lipinski definition) is 2. The van der Waals surface area contributed by atoms with Crippen LogP contribution in [0.4, 0.5) is 5.69 Å². The minimum atomic E-state index is -1.04. The zero-order valence-electron chi connectivity index (χ0n) is 11.1. The van der Waals surface area contributed by atoms with E-state index in [0.29, 0.717) is 28.8 Å². The zero-order chi connectivity index (χ0) is 15.4. The number of halogens is 2. The average Bonchev–Trinajstić information content (AvgIpc) is 2.93. The van der Waals surface area contributed by atoms with Crippen molar-refractivity contribution in [2.45, 2.75) is 25.4 Å². The molecule has 1 amide bonds. The van der Waals surface area contributed by atoms with Crippen molar-refractivity contribution in [3.63, 3.8) is 0 Å². The number of hydrogen-bond acceptors (Lipinski definition) is 3. The van der Waals surface area contributed by atoms with Crippen molar-refractivity contribution in [1.82, 2.24) is 0 Å². The molecule has 0 spiro atoms. The van der Waals surface area contributed by atoms with Gasteiger partial charge in [0, 0.05) is 11.6 Å². The molecular weight excluding hydrogens is 317 g/mol. The fourth-order valence-corrected chi connectivity index (χ4v) is 2.66. The zero-order valence-corrected chi connectivity index (χ0v) is 12.7. The van der Waals surface area contributed by atoms with Crippen LogP contribution in [0.2, 0.25) is 10.0 Å². The van der Waals surface area contributed by atoms with Crippen LogP contribution in [0.25, 0.3) is 0 Å². The predicted molar refractivity (Wildman–Crippen MR) is 79.8 cm³/mol. The lowest BCUT2D eigenvalue weighted by molar-refractivity contribution is -0.142. The molecule has 1 aliphatic heterocycles. The van der Waals surface area contributed by atoms with E-state index in [1.165, 1.54) is 6.07 Å². The maximum atomic E-state index is 12.3. The minimum absolute atomic E-state index is 0.283. The highest BCUT2D eigenvalue weighted by Crippen LogP contribution is 2.28. The first-order valence-corrected chi connectivity index (χ1v) is 7.32. The van der Waals surface area contributed by atoms with E-state index in [1.807, 2.05) is 0 Å². The first-order valence-electron chi connectivity index (χ1n) is 6.56. The molecule has 21 heavy (non-hydrogen) atoms. The van der Waals surface area contributed by atoms with Crippen molar-refractivity contribution >= 4 is 40.8 Å². The summed E-state index contributed by atoms with van der Waals surface area (Å²) in [6.45, 7) is 0.548. The molecule has 7 heteroatoms. The van der Waals surface area contributed by atoms with Crippen LogP contribution >= 0.6 is 23.2 Å². The predicted octanol–water partition coefficient (Wildman–Crippen LogP) is 3.20. The molecule has 1 heterocycles. The monoisotopic (exact) mass is 331 g/mol. The largest absolute Gasteiger partial charge is 0.481 e. The van der Waals surface area contributed by atoms with Gasteiger partial charge in [0.25, 0.3) is 0 Å². The Morgan fingerprint density at radius 2 is 2.19 bits per heavy atom. The third-order valence-corrected chi connectivity index (χ3v) is 3.90. The van der Waals surface area contributed by atoms with Gasteiger partial charge in [0.15, 0.2) is 0 Å². The number of benzene rings is 1. The van der Waals surface area contributed by atoms with E-state index in [1.54, 1.807) is 12.1 Å². The van der Waals surface area contributed by atoms with Gasteiger partial charge in [-0.25, -0.2) is 0 Å². The molecule has 2 rings (SSSR count). The number of anilines is 1. The standard InChI is InChI=1S/C14H15Cl2NO4/c15-8-3-4-10(16)11(6-8)17-14(20)9(7-13(18)19)12-2-1-5-21-12/h3-4,6,9,12H,1-2,5,7H2,(H,17,20)(H,18,19)/t9-,12-/m0/s1. The Hall–Kier alpha value is -1.30. The fourth-order valence-electron chi connectivity index (χ4n) is 2.32. The maximum absolute atomic E-state index is 12.3. The second-order valence-electron chi connectivity index (χ2n) is 4.87. The third-order valence-electron chi connectivity index (χ3n) is 3.33. The van der Waals surface area contributed by atoms with E-state index in [0.717, 1.165) is 6.42 Å². The summed E-state index contributed by atoms with van der Waals surface area (Å²) in [6.07, 6.45) is 0.842. The number of carboxylic acids is 1. The Labute approximate surface area is 132 Å². The summed E-state index contributed by atoms with van der Waals surface area (Å²) in [7, 11) is 0. The van der Waals surface area contributed by atoms with Crippen LogP contribution < -0.4 is 5.32 Å². The molecule has 0 unspecified atom stereocenters. The Morgan fingerprint density at radius 3 is 2.81 bits per heavy atom. The quantitative estimate of drug-likeness (QED) is 0.868. The first kappa shape index (κ1) is 16.1. The van der Waals surface area contributed by atoms with Gasteiger partial charge < -0.3 is 15.2 Å². The van der Waals surface area contributed by atoms with Gasteiger partial charge in [-0.05, 0) is 31.0 Å². The molecule has 2 N–H and O–H groups in total. The Balaban J connectivity index is 2.13. The topological polar surface area (TPSA) is 75.6 Å². The molecule has 0 radical (unpaired) electrons. The smallest absolute Gasteiger partial charge is 0.304 e. The Kier molecular flexibility index (Phi) is 5.45. The lowest BCUT2D eigenvalue weighted by Gasteiger charge is -2.21. The van der Waals surface area contributed by atoms with Crippen molar-refractivity contribution in [3.8, 4) is 0 Å². The molecule has 1 fully saturated rings. The summed E-state index contributed by atoms with van der Waals surface area (Å²) in [4.78, 5) is 23.3. The van der Waals surface area contributed by atoms with Gasteiger partial charge in [-0.3, -0.25) is 9.59 Å². The molecule has 1 aromatic rings. The van der Waals surface area contributed by atoms with Gasteiger partial charge in [0.05, 0.1) is 29.2 Å². The van der Waals surface area contributed by atoms with Crippen LogP contribution in [-0.2, 0) is 14.3 Å². The third kappa shape index (κ3) is 4.33. The van der Waals surface area contributed by atoms with Crippen LogP contribution in [0.3, 0.4) is 0 Å². The molecule has 0 aliphatic carbocycles.